The minimum Gasteiger partial charge on any atom is -0.371 e. The van der Waals surface area contributed by atoms with E-state index >= 15 is 0 Å². The van der Waals surface area contributed by atoms with E-state index in [0.29, 0.717) is 12.6 Å². The lowest BCUT2D eigenvalue weighted by molar-refractivity contribution is -0.129. The molecule has 1 saturated heterocycles. The van der Waals surface area contributed by atoms with Crippen molar-refractivity contribution in [3.63, 3.8) is 0 Å². The molecule has 2 aliphatic heterocycles. The Morgan fingerprint density at radius 1 is 1.15 bits per heavy atom. The lowest BCUT2D eigenvalue weighted by Crippen LogP contribution is -2.42. The molecular formula is C21H29N5O. The molecule has 1 N–H and O–H groups in total. The lowest BCUT2D eigenvalue weighted by Gasteiger charge is -2.34. The zero-order valence-corrected chi connectivity index (χ0v) is 16.1. The van der Waals surface area contributed by atoms with Crippen LogP contribution in [0.4, 0.5) is 5.69 Å². The van der Waals surface area contributed by atoms with E-state index in [1.165, 1.54) is 5.69 Å². The molecule has 27 heavy (non-hydrogen) atoms. The van der Waals surface area contributed by atoms with Gasteiger partial charge in [-0.1, -0.05) is 18.2 Å². The second-order valence-electron chi connectivity index (χ2n) is 7.62. The number of amides is 1. The number of aryl methyl sites for hydroxylation is 1. The standard InChI is InChI=1S/C21H29N5O/c1-17(27)25-10-5-11-26-21(16-25)14-19(23-26)15-22-18-8-12-24(13-9-18)20-6-3-2-4-7-20/h2-4,6-7,14,18,22H,5,8-13,15-16H2,1H3. The molecule has 0 spiro atoms. The van der Waals surface area contributed by atoms with Crippen molar-refractivity contribution in [2.75, 3.05) is 24.5 Å². The fraction of sp³-hybridized carbons (Fsp3) is 0.524. The molecule has 2 aliphatic rings. The van der Waals surface area contributed by atoms with Crippen LogP contribution < -0.4 is 10.2 Å². The number of hydrogen-bond donors (Lipinski definition) is 1. The number of fused-ring (bicyclic) bond motifs is 1. The highest BCUT2D eigenvalue weighted by Gasteiger charge is 2.21. The van der Waals surface area contributed by atoms with Crippen LogP contribution in [0.15, 0.2) is 36.4 Å². The summed E-state index contributed by atoms with van der Waals surface area (Å²) >= 11 is 0. The summed E-state index contributed by atoms with van der Waals surface area (Å²) < 4.78 is 2.08. The summed E-state index contributed by atoms with van der Waals surface area (Å²) in [6, 6.07) is 13.4. The molecule has 1 amide bonds. The van der Waals surface area contributed by atoms with Crippen LogP contribution in [0.1, 0.15) is 37.6 Å². The van der Waals surface area contributed by atoms with Crippen LogP contribution in [0.2, 0.25) is 0 Å². The third kappa shape index (κ3) is 4.33. The number of carbonyl (C=O) groups excluding carboxylic acids is 1. The Balaban J connectivity index is 1.29. The van der Waals surface area contributed by atoms with E-state index in [0.717, 1.165) is 63.4 Å². The zero-order chi connectivity index (χ0) is 18.6. The average Bonchev–Trinajstić information content (AvgIpc) is 2.97. The molecule has 1 aromatic heterocycles. The third-order valence-electron chi connectivity index (χ3n) is 5.70. The number of nitrogens with one attached hydrogen (secondary N) is 1. The van der Waals surface area contributed by atoms with Crippen LogP contribution in [-0.2, 0) is 24.4 Å². The van der Waals surface area contributed by atoms with Gasteiger partial charge in [0.15, 0.2) is 0 Å². The van der Waals surface area contributed by atoms with Crippen molar-refractivity contribution in [1.82, 2.24) is 20.0 Å². The normalized spacial score (nSPS) is 18.3. The summed E-state index contributed by atoms with van der Waals surface area (Å²) in [5.41, 5.74) is 3.56. The van der Waals surface area contributed by atoms with E-state index in [2.05, 4.69) is 51.3 Å². The minimum atomic E-state index is 0.148. The van der Waals surface area contributed by atoms with Crippen molar-refractivity contribution in [2.45, 2.75) is 51.9 Å². The van der Waals surface area contributed by atoms with Gasteiger partial charge in [0.2, 0.25) is 5.91 Å². The molecule has 0 radical (unpaired) electrons. The molecule has 0 aliphatic carbocycles. The van der Waals surface area contributed by atoms with Crippen molar-refractivity contribution in [3.05, 3.63) is 47.8 Å². The van der Waals surface area contributed by atoms with Gasteiger partial charge in [-0.25, -0.2) is 0 Å². The summed E-state index contributed by atoms with van der Waals surface area (Å²) in [4.78, 5) is 16.1. The highest BCUT2D eigenvalue weighted by molar-refractivity contribution is 5.73. The first-order chi connectivity index (χ1) is 13.2. The van der Waals surface area contributed by atoms with E-state index in [4.69, 9.17) is 5.10 Å². The molecule has 3 heterocycles. The number of carbonyl (C=O) groups is 1. The van der Waals surface area contributed by atoms with Crippen LogP contribution in [0.25, 0.3) is 0 Å². The van der Waals surface area contributed by atoms with Crippen molar-refractivity contribution < 1.29 is 4.79 Å². The van der Waals surface area contributed by atoms with E-state index in [-0.39, 0.29) is 5.91 Å². The van der Waals surface area contributed by atoms with Gasteiger partial charge in [-0.05, 0) is 37.5 Å². The molecule has 0 saturated carbocycles. The van der Waals surface area contributed by atoms with Crippen LogP contribution in [0.5, 0.6) is 0 Å². The first kappa shape index (κ1) is 18.0. The predicted molar refractivity (Wildman–Crippen MR) is 106 cm³/mol. The number of benzene rings is 1. The third-order valence-corrected chi connectivity index (χ3v) is 5.70. The number of nitrogens with zero attached hydrogens (tertiary/aromatic N) is 4. The zero-order valence-electron chi connectivity index (χ0n) is 16.1. The first-order valence-corrected chi connectivity index (χ1v) is 10.0. The summed E-state index contributed by atoms with van der Waals surface area (Å²) in [5, 5.41) is 8.44. The van der Waals surface area contributed by atoms with Crippen LogP contribution >= 0.6 is 0 Å². The Labute approximate surface area is 161 Å². The fourth-order valence-corrected chi connectivity index (χ4v) is 4.11. The fourth-order valence-electron chi connectivity index (χ4n) is 4.11. The van der Waals surface area contributed by atoms with Crippen LogP contribution in [-0.4, -0.2) is 46.3 Å². The van der Waals surface area contributed by atoms with Gasteiger partial charge in [0, 0.05) is 51.4 Å². The van der Waals surface area contributed by atoms with Crippen molar-refractivity contribution in [3.8, 4) is 0 Å². The Kier molecular flexibility index (Phi) is 5.43. The number of rotatable bonds is 4. The maximum absolute atomic E-state index is 11.7. The predicted octanol–water partition coefficient (Wildman–Crippen LogP) is 2.39. The van der Waals surface area contributed by atoms with E-state index in [9.17, 15) is 4.79 Å². The van der Waals surface area contributed by atoms with Gasteiger partial charge in [0.05, 0.1) is 17.9 Å². The molecule has 0 unspecified atom stereocenters. The Morgan fingerprint density at radius 3 is 2.67 bits per heavy atom. The highest BCUT2D eigenvalue weighted by Crippen LogP contribution is 2.20. The Bertz CT molecular complexity index is 764. The summed E-state index contributed by atoms with van der Waals surface area (Å²) in [5.74, 6) is 0.148. The number of piperidine rings is 1. The average molecular weight is 367 g/mol. The molecule has 0 atom stereocenters. The maximum atomic E-state index is 11.7. The number of para-hydroxylation sites is 1. The Morgan fingerprint density at radius 2 is 1.93 bits per heavy atom. The van der Waals surface area contributed by atoms with Gasteiger partial charge < -0.3 is 15.1 Å². The van der Waals surface area contributed by atoms with Crippen molar-refractivity contribution in [2.24, 2.45) is 0 Å². The minimum absolute atomic E-state index is 0.148. The molecule has 1 aromatic carbocycles. The molecule has 4 rings (SSSR count). The smallest absolute Gasteiger partial charge is 0.219 e. The SMILES string of the molecule is CC(=O)N1CCCn2nc(CNC3CCN(c4ccccc4)CC3)cc2C1. The maximum Gasteiger partial charge on any atom is 0.219 e. The molecule has 2 aromatic rings. The van der Waals surface area contributed by atoms with Gasteiger partial charge in [-0.3, -0.25) is 9.48 Å². The summed E-state index contributed by atoms with van der Waals surface area (Å²) in [6.45, 7) is 7.04. The summed E-state index contributed by atoms with van der Waals surface area (Å²) in [7, 11) is 0. The molecule has 6 heteroatoms. The largest absolute Gasteiger partial charge is 0.371 e. The molecule has 1 fully saturated rings. The van der Waals surface area contributed by atoms with Gasteiger partial charge in [0.25, 0.3) is 0 Å². The lowest BCUT2D eigenvalue weighted by atomic mass is 10.0. The number of anilines is 1. The second kappa shape index (κ2) is 8.13. The number of aromatic nitrogens is 2. The monoisotopic (exact) mass is 367 g/mol. The van der Waals surface area contributed by atoms with Gasteiger partial charge in [-0.2, -0.15) is 5.10 Å². The van der Waals surface area contributed by atoms with Gasteiger partial charge in [-0.15, -0.1) is 0 Å². The van der Waals surface area contributed by atoms with E-state index in [1.807, 2.05) is 4.90 Å². The molecule has 0 bridgehead atoms. The van der Waals surface area contributed by atoms with Gasteiger partial charge >= 0.3 is 0 Å². The highest BCUT2D eigenvalue weighted by atomic mass is 16.2. The molecule has 6 nitrogen and oxygen atoms in total. The van der Waals surface area contributed by atoms with E-state index < -0.39 is 0 Å². The Hall–Kier alpha value is -2.34. The van der Waals surface area contributed by atoms with E-state index in [1.54, 1.807) is 6.92 Å². The quantitative estimate of drug-likeness (QED) is 0.902. The van der Waals surface area contributed by atoms with Crippen LogP contribution in [0.3, 0.4) is 0 Å². The number of hydrogen-bond acceptors (Lipinski definition) is 4. The summed E-state index contributed by atoms with van der Waals surface area (Å²) in [6.07, 6.45) is 3.28. The topological polar surface area (TPSA) is 53.4 Å². The first-order valence-electron chi connectivity index (χ1n) is 10.0. The van der Waals surface area contributed by atoms with Crippen LogP contribution in [0, 0.1) is 0 Å². The van der Waals surface area contributed by atoms with Crippen molar-refractivity contribution in [1.29, 1.82) is 0 Å². The molecular weight excluding hydrogens is 338 g/mol. The van der Waals surface area contributed by atoms with Crippen molar-refractivity contribution >= 4 is 11.6 Å². The molecule has 144 valence electrons. The van der Waals surface area contributed by atoms with Gasteiger partial charge in [0.1, 0.15) is 0 Å². The second-order valence-corrected chi connectivity index (χ2v) is 7.62.